The molecule has 2 aliphatic heterocycles. The number of hydrogen-bond donors (Lipinski definition) is 2. The number of nitrogens with one attached hydrogen (secondary N) is 1. The molecule has 0 bridgehead atoms. The highest BCUT2D eigenvalue weighted by Gasteiger charge is 2.25. The fourth-order valence-corrected chi connectivity index (χ4v) is 3.58. The highest BCUT2D eigenvalue weighted by molar-refractivity contribution is 5.73. The standard InChI is InChI=1S/C17H27N5O2/c23-16(24)13-22(14-5-8-18-9-6-14)17-19-10-7-15(20-17)21-11-3-1-2-4-12-21/h7,10,14,18H,1-6,8-9,11-13H2,(H,23,24). The van der Waals surface area contributed by atoms with Crippen LogP contribution in [0.15, 0.2) is 12.3 Å². The van der Waals surface area contributed by atoms with Gasteiger partial charge in [0.2, 0.25) is 5.95 Å². The third-order valence-electron chi connectivity index (χ3n) is 4.87. The van der Waals surface area contributed by atoms with Gasteiger partial charge in [-0.15, -0.1) is 0 Å². The Morgan fingerprint density at radius 1 is 1.25 bits per heavy atom. The van der Waals surface area contributed by atoms with Crippen molar-refractivity contribution >= 4 is 17.7 Å². The highest BCUT2D eigenvalue weighted by atomic mass is 16.4. The Kier molecular flexibility index (Phi) is 5.85. The van der Waals surface area contributed by atoms with Gasteiger partial charge in [-0.05, 0) is 44.8 Å². The molecule has 1 aromatic rings. The lowest BCUT2D eigenvalue weighted by Gasteiger charge is -2.34. The van der Waals surface area contributed by atoms with E-state index in [0.29, 0.717) is 5.95 Å². The summed E-state index contributed by atoms with van der Waals surface area (Å²) in [5, 5.41) is 12.6. The molecule has 0 spiro atoms. The SMILES string of the molecule is O=C(O)CN(c1nccc(N2CCCCCC2)n1)C1CCNCC1. The Labute approximate surface area is 143 Å². The van der Waals surface area contributed by atoms with Crippen LogP contribution in [-0.2, 0) is 4.79 Å². The summed E-state index contributed by atoms with van der Waals surface area (Å²) < 4.78 is 0. The van der Waals surface area contributed by atoms with Crippen molar-refractivity contribution in [2.45, 2.75) is 44.6 Å². The maximum atomic E-state index is 11.3. The number of hydrogen-bond acceptors (Lipinski definition) is 6. The van der Waals surface area contributed by atoms with Gasteiger partial charge in [-0.25, -0.2) is 4.98 Å². The lowest BCUT2D eigenvalue weighted by molar-refractivity contribution is -0.135. The Bertz CT molecular complexity index is 540. The molecule has 2 N–H and O–H groups in total. The second-order valence-electron chi connectivity index (χ2n) is 6.62. The molecule has 7 heteroatoms. The summed E-state index contributed by atoms with van der Waals surface area (Å²) in [6.07, 6.45) is 8.52. The van der Waals surface area contributed by atoms with Crippen molar-refractivity contribution in [1.82, 2.24) is 15.3 Å². The molecule has 0 unspecified atom stereocenters. The first kappa shape index (κ1) is 17.0. The van der Waals surface area contributed by atoms with Crippen molar-refractivity contribution in [3.63, 3.8) is 0 Å². The van der Waals surface area contributed by atoms with Crippen LogP contribution >= 0.6 is 0 Å². The van der Waals surface area contributed by atoms with Gasteiger partial charge >= 0.3 is 5.97 Å². The first-order chi connectivity index (χ1) is 11.7. The monoisotopic (exact) mass is 333 g/mol. The molecule has 0 radical (unpaired) electrons. The van der Waals surface area contributed by atoms with Gasteiger partial charge in [0.15, 0.2) is 0 Å². The van der Waals surface area contributed by atoms with Crippen LogP contribution in [0.5, 0.6) is 0 Å². The van der Waals surface area contributed by atoms with Gasteiger partial charge in [0.25, 0.3) is 0 Å². The number of nitrogens with zero attached hydrogens (tertiary/aromatic N) is 4. The van der Waals surface area contributed by atoms with E-state index in [1.807, 2.05) is 11.0 Å². The van der Waals surface area contributed by atoms with Gasteiger partial charge in [0, 0.05) is 25.3 Å². The molecule has 2 fully saturated rings. The fraction of sp³-hybridized carbons (Fsp3) is 0.706. The van der Waals surface area contributed by atoms with Crippen LogP contribution < -0.4 is 15.1 Å². The third kappa shape index (κ3) is 4.35. The predicted molar refractivity (Wildman–Crippen MR) is 93.6 cm³/mol. The van der Waals surface area contributed by atoms with Crippen molar-refractivity contribution in [2.24, 2.45) is 0 Å². The quantitative estimate of drug-likeness (QED) is 0.845. The number of piperidine rings is 1. The third-order valence-corrected chi connectivity index (χ3v) is 4.87. The minimum absolute atomic E-state index is 0.0475. The number of aliphatic carboxylic acids is 1. The van der Waals surface area contributed by atoms with E-state index in [2.05, 4.69) is 15.2 Å². The van der Waals surface area contributed by atoms with Gasteiger partial charge in [-0.1, -0.05) is 12.8 Å². The zero-order valence-electron chi connectivity index (χ0n) is 14.2. The number of carbonyl (C=O) groups is 1. The van der Waals surface area contributed by atoms with Crippen LogP contribution in [0.4, 0.5) is 11.8 Å². The molecule has 0 amide bonds. The normalized spacial score (nSPS) is 19.8. The first-order valence-corrected chi connectivity index (χ1v) is 9.01. The van der Waals surface area contributed by atoms with Crippen molar-refractivity contribution in [1.29, 1.82) is 0 Å². The summed E-state index contributed by atoms with van der Waals surface area (Å²) in [5.74, 6) is 0.634. The molecular formula is C17H27N5O2. The number of carboxylic acids is 1. The highest BCUT2D eigenvalue weighted by Crippen LogP contribution is 2.22. The lowest BCUT2D eigenvalue weighted by Crippen LogP contribution is -2.46. The number of carboxylic acid groups (broad SMARTS) is 1. The molecule has 0 aliphatic carbocycles. The summed E-state index contributed by atoms with van der Waals surface area (Å²) in [6, 6.07) is 2.12. The van der Waals surface area contributed by atoms with Crippen molar-refractivity contribution < 1.29 is 9.90 Å². The van der Waals surface area contributed by atoms with Crippen molar-refractivity contribution in [3.05, 3.63) is 12.3 Å². The van der Waals surface area contributed by atoms with Crippen LogP contribution in [0.25, 0.3) is 0 Å². The van der Waals surface area contributed by atoms with E-state index in [9.17, 15) is 9.90 Å². The van der Waals surface area contributed by atoms with Crippen molar-refractivity contribution in [3.8, 4) is 0 Å². The average Bonchev–Trinajstić information content (AvgIpc) is 2.90. The molecule has 0 atom stereocenters. The molecule has 132 valence electrons. The van der Waals surface area contributed by atoms with Gasteiger partial charge in [0.05, 0.1) is 0 Å². The summed E-state index contributed by atoms with van der Waals surface area (Å²) in [5.41, 5.74) is 0. The molecule has 2 saturated heterocycles. The Morgan fingerprint density at radius 3 is 2.62 bits per heavy atom. The number of anilines is 2. The van der Waals surface area contributed by atoms with Crippen LogP contribution in [0.3, 0.4) is 0 Å². The fourth-order valence-electron chi connectivity index (χ4n) is 3.58. The maximum Gasteiger partial charge on any atom is 0.323 e. The molecule has 0 saturated carbocycles. The van der Waals surface area contributed by atoms with E-state index in [1.54, 1.807) is 6.20 Å². The molecule has 0 aromatic carbocycles. The molecular weight excluding hydrogens is 306 g/mol. The molecule has 24 heavy (non-hydrogen) atoms. The number of rotatable bonds is 5. The van der Waals surface area contributed by atoms with Gasteiger partial charge in [-0.3, -0.25) is 4.79 Å². The average molecular weight is 333 g/mol. The summed E-state index contributed by atoms with van der Waals surface area (Å²) in [7, 11) is 0. The smallest absolute Gasteiger partial charge is 0.323 e. The lowest BCUT2D eigenvalue weighted by atomic mass is 10.1. The first-order valence-electron chi connectivity index (χ1n) is 9.01. The predicted octanol–water partition coefficient (Wildman–Crippen LogP) is 1.50. The second kappa shape index (κ2) is 8.28. The van der Waals surface area contributed by atoms with Crippen molar-refractivity contribution in [2.75, 3.05) is 42.5 Å². The zero-order chi connectivity index (χ0) is 16.8. The summed E-state index contributed by atoms with van der Waals surface area (Å²) >= 11 is 0. The minimum Gasteiger partial charge on any atom is -0.480 e. The van der Waals surface area contributed by atoms with E-state index in [0.717, 1.165) is 44.8 Å². The van der Waals surface area contributed by atoms with Crippen LogP contribution in [0.1, 0.15) is 38.5 Å². The Morgan fingerprint density at radius 2 is 1.96 bits per heavy atom. The molecule has 3 rings (SSSR count). The molecule has 7 nitrogen and oxygen atoms in total. The molecule has 1 aromatic heterocycles. The Balaban J connectivity index is 1.81. The Hall–Kier alpha value is -1.89. The summed E-state index contributed by atoms with van der Waals surface area (Å²) in [6.45, 7) is 3.80. The van der Waals surface area contributed by atoms with E-state index in [-0.39, 0.29) is 12.6 Å². The van der Waals surface area contributed by atoms with Gasteiger partial charge in [-0.2, -0.15) is 4.98 Å². The minimum atomic E-state index is -0.836. The van der Waals surface area contributed by atoms with Crippen LogP contribution in [0.2, 0.25) is 0 Å². The number of aromatic nitrogens is 2. The summed E-state index contributed by atoms with van der Waals surface area (Å²) in [4.78, 5) is 24.6. The molecule has 2 aliphatic rings. The molecule has 3 heterocycles. The van der Waals surface area contributed by atoms with Crippen LogP contribution in [-0.4, -0.2) is 59.8 Å². The van der Waals surface area contributed by atoms with E-state index in [1.165, 1.54) is 25.7 Å². The largest absolute Gasteiger partial charge is 0.480 e. The van der Waals surface area contributed by atoms with Crippen LogP contribution in [0, 0.1) is 0 Å². The topological polar surface area (TPSA) is 81.6 Å². The van der Waals surface area contributed by atoms with Gasteiger partial charge < -0.3 is 20.2 Å². The van der Waals surface area contributed by atoms with Gasteiger partial charge in [0.1, 0.15) is 12.4 Å². The zero-order valence-corrected chi connectivity index (χ0v) is 14.2. The second-order valence-corrected chi connectivity index (χ2v) is 6.62. The maximum absolute atomic E-state index is 11.3. The van der Waals surface area contributed by atoms with E-state index >= 15 is 0 Å². The van der Waals surface area contributed by atoms with E-state index < -0.39 is 5.97 Å². The van der Waals surface area contributed by atoms with E-state index in [4.69, 9.17) is 4.98 Å².